The molecule has 0 atom stereocenters. The van der Waals surface area contributed by atoms with E-state index >= 15 is 0 Å². The van der Waals surface area contributed by atoms with Crippen molar-refractivity contribution in [2.45, 2.75) is 27.2 Å². The number of rotatable bonds is 4. The molecule has 0 aliphatic heterocycles. The molecular formula is C20H23N. The molecule has 0 radical (unpaired) electrons. The fourth-order valence-corrected chi connectivity index (χ4v) is 2.50. The predicted molar refractivity (Wildman–Crippen MR) is 94.1 cm³/mol. The molecule has 2 aromatic carbocycles. The van der Waals surface area contributed by atoms with Crippen LogP contribution >= 0.6 is 0 Å². The highest BCUT2D eigenvalue weighted by molar-refractivity contribution is 5.83. The highest BCUT2D eigenvalue weighted by Crippen LogP contribution is 2.31. The summed E-state index contributed by atoms with van der Waals surface area (Å²) in [5, 5.41) is 0. The van der Waals surface area contributed by atoms with Crippen molar-refractivity contribution in [1.82, 2.24) is 0 Å². The van der Waals surface area contributed by atoms with Gasteiger partial charge in [-0.25, -0.2) is 0 Å². The van der Waals surface area contributed by atoms with Crippen LogP contribution in [-0.2, 0) is 0 Å². The fraction of sp³-hybridized carbons (Fsp3) is 0.200. The average Bonchev–Trinajstić information content (AvgIpc) is 2.50. The summed E-state index contributed by atoms with van der Waals surface area (Å²) in [6, 6.07) is 14.7. The molecule has 2 N–H and O–H groups in total. The molecule has 108 valence electrons. The van der Waals surface area contributed by atoms with Gasteiger partial charge >= 0.3 is 0 Å². The highest BCUT2D eigenvalue weighted by Gasteiger charge is 2.09. The van der Waals surface area contributed by atoms with Gasteiger partial charge in [0.05, 0.1) is 0 Å². The van der Waals surface area contributed by atoms with Crippen LogP contribution in [0.25, 0.3) is 16.7 Å². The Morgan fingerprint density at radius 3 is 2.43 bits per heavy atom. The van der Waals surface area contributed by atoms with E-state index in [4.69, 9.17) is 5.73 Å². The Balaban J connectivity index is 2.61. The summed E-state index contributed by atoms with van der Waals surface area (Å²) in [5.74, 6) is 0. The van der Waals surface area contributed by atoms with Gasteiger partial charge in [0.25, 0.3) is 0 Å². The number of nitrogens with two attached hydrogens (primary N) is 1. The van der Waals surface area contributed by atoms with E-state index in [-0.39, 0.29) is 0 Å². The quantitative estimate of drug-likeness (QED) is 0.570. The predicted octanol–water partition coefficient (Wildman–Crippen LogP) is 5.61. The van der Waals surface area contributed by atoms with Crippen LogP contribution in [0.3, 0.4) is 0 Å². The van der Waals surface area contributed by atoms with Gasteiger partial charge in [-0.3, -0.25) is 0 Å². The Morgan fingerprint density at radius 1 is 1.10 bits per heavy atom. The number of allylic oxidation sites excluding steroid dienone is 4. The van der Waals surface area contributed by atoms with E-state index < -0.39 is 0 Å². The number of nitrogen functional groups attached to an aromatic ring is 1. The lowest BCUT2D eigenvalue weighted by molar-refractivity contribution is 1.22. The summed E-state index contributed by atoms with van der Waals surface area (Å²) in [4.78, 5) is 0. The minimum Gasteiger partial charge on any atom is -0.398 e. The molecule has 0 bridgehead atoms. The Hall–Kier alpha value is -2.28. The summed E-state index contributed by atoms with van der Waals surface area (Å²) in [6.45, 7) is 6.29. The molecule has 0 unspecified atom stereocenters. The van der Waals surface area contributed by atoms with Gasteiger partial charge in [-0.15, -0.1) is 0 Å². The van der Waals surface area contributed by atoms with Crippen molar-refractivity contribution in [1.29, 1.82) is 0 Å². The van der Waals surface area contributed by atoms with E-state index in [0.717, 1.165) is 17.7 Å². The monoisotopic (exact) mass is 277 g/mol. The Bertz CT molecular complexity index is 664. The summed E-state index contributed by atoms with van der Waals surface area (Å²) < 4.78 is 0. The van der Waals surface area contributed by atoms with Gasteiger partial charge in [0.1, 0.15) is 0 Å². The SMILES string of the molecule is C/C=C\C(=C/CC)c1cc(-c2ccccc2)cc(N)c1C. The lowest BCUT2D eigenvalue weighted by atomic mass is 9.93. The van der Waals surface area contributed by atoms with Gasteiger partial charge in [-0.2, -0.15) is 0 Å². The maximum atomic E-state index is 6.24. The molecule has 0 heterocycles. The maximum absolute atomic E-state index is 6.24. The van der Waals surface area contributed by atoms with E-state index in [1.165, 1.54) is 22.3 Å². The van der Waals surface area contributed by atoms with Gasteiger partial charge in [0.2, 0.25) is 0 Å². The number of anilines is 1. The van der Waals surface area contributed by atoms with Crippen LogP contribution in [0, 0.1) is 6.92 Å². The first kappa shape index (κ1) is 15.1. The van der Waals surface area contributed by atoms with Crippen LogP contribution in [0.2, 0.25) is 0 Å². The largest absolute Gasteiger partial charge is 0.398 e. The molecular weight excluding hydrogens is 254 g/mol. The van der Waals surface area contributed by atoms with Gasteiger partial charge in [0, 0.05) is 5.69 Å². The molecule has 0 aliphatic rings. The lowest BCUT2D eigenvalue weighted by Crippen LogP contribution is -1.96. The third-order valence-corrected chi connectivity index (χ3v) is 3.64. The standard InChI is InChI=1S/C20H23N/c1-4-9-17(10-5-2)19-13-18(14-20(21)15(19)3)16-11-7-6-8-12-16/h4,6-14H,5,21H2,1-3H3/b9-4-,17-10+. The van der Waals surface area contributed by atoms with Crippen molar-refractivity contribution in [2.24, 2.45) is 0 Å². The first-order valence-electron chi connectivity index (χ1n) is 7.46. The summed E-state index contributed by atoms with van der Waals surface area (Å²) in [7, 11) is 0. The number of benzene rings is 2. The average molecular weight is 277 g/mol. The first-order valence-corrected chi connectivity index (χ1v) is 7.46. The van der Waals surface area contributed by atoms with E-state index in [9.17, 15) is 0 Å². The second-order valence-electron chi connectivity index (χ2n) is 5.17. The normalized spacial score (nSPS) is 12.0. The van der Waals surface area contributed by atoms with Crippen LogP contribution < -0.4 is 5.73 Å². The first-order chi connectivity index (χ1) is 10.2. The third kappa shape index (κ3) is 3.43. The van der Waals surface area contributed by atoms with Crippen molar-refractivity contribution in [3.63, 3.8) is 0 Å². The zero-order chi connectivity index (χ0) is 15.2. The molecule has 0 saturated heterocycles. The molecule has 0 fully saturated rings. The second-order valence-corrected chi connectivity index (χ2v) is 5.17. The van der Waals surface area contributed by atoms with E-state index in [0.29, 0.717) is 0 Å². The third-order valence-electron chi connectivity index (χ3n) is 3.64. The van der Waals surface area contributed by atoms with Crippen molar-refractivity contribution < 1.29 is 0 Å². The zero-order valence-electron chi connectivity index (χ0n) is 13.1. The van der Waals surface area contributed by atoms with Crippen molar-refractivity contribution >= 4 is 11.3 Å². The van der Waals surface area contributed by atoms with E-state index in [2.05, 4.69) is 68.5 Å². The molecule has 2 rings (SSSR count). The Kier molecular flexibility index (Phi) is 4.99. The Labute approximate surface area is 127 Å². The van der Waals surface area contributed by atoms with Crippen molar-refractivity contribution in [3.8, 4) is 11.1 Å². The maximum Gasteiger partial charge on any atom is 0.0356 e. The van der Waals surface area contributed by atoms with Gasteiger partial charge < -0.3 is 5.73 Å². The molecule has 2 aromatic rings. The number of hydrogen-bond donors (Lipinski definition) is 1. The van der Waals surface area contributed by atoms with Crippen LogP contribution in [0.4, 0.5) is 5.69 Å². The lowest BCUT2D eigenvalue weighted by Gasteiger charge is -2.13. The van der Waals surface area contributed by atoms with Gasteiger partial charge in [0.15, 0.2) is 0 Å². The molecule has 1 heteroatoms. The van der Waals surface area contributed by atoms with Crippen molar-refractivity contribution in [2.75, 3.05) is 5.73 Å². The summed E-state index contributed by atoms with van der Waals surface area (Å²) in [6.07, 6.45) is 7.48. The minimum absolute atomic E-state index is 0.845. The summed E-state index contributed by atoms with van der Waals surface area (Å²) in [5.41, 5.74) is 13.0. The smallest absolute Gasteiger partial charge is 0.0356 e. The Morgan fingerprint density at radius 2 is 1.81 bits per heavy atom. The number of hydrogen-bond acceptors (Lipinski definition) is 1. The van der Waals surface area contributed by atoms with Gasteiger partial charge in [-0.1, -0.05) is 55.5 Å². The zero-order valence-corrected chi connectivity index (χ0v) is 13.1. The van der Waals surface area contributed by atoms with E-state index in [1.54, 1.807) is 0 Å². The van der Waals surface area contributed by atoms with Crippen LogP contribution in [0.1, 0.15) is 31.4 Å². The molecule has 0 aromatic heterocycles. The van der Waals surface area contributed by atoms with Crippen LogP contribution in [0.15, 0.2) is 60.7 Å². The van der Waals surface area contributed by atoms with E-state index in [1.807, 2.05) is 13.0 Å². The molecule has 0 aliphatic carbocycles. The second kappa shape index (κ2) is 6.94. The van der Waals surface area contributed by atoms with Crippen LogP contribution in [0.5, 0.6) is 0 Å². The molecule has 1 nitrogen and oxygen atoms in total. The van der Waals surface area contributed by atoms with Crippen molar-refractivity contribution in [3.05, 3.63) is 71.8 Å². The van der Waals surface area contributed by atoms with Gasteiger partial charge in [-0.05, 0) is 60.2 Å². The fourth-order valence-electron chi connectivity index (χ4n) is 2.50. The molecule has 0 saturated carbocycles. The molecule has 0 spiro atoms. The van der Waals surface area contributed by atoms with Crippen LogP contribution in [-0.4, -0.2) is 0 Å². The molecule has 0 amide bonds. The molecule has 21 heavy (non-hydrogen) atoms. The summed E-state index contributed by atoms with van der Waals surface area (Å²) >= 11 is 0. The highest BCUT2D eigenvalue weighted by atomic mass is 14.6. The minimum atomic E-state index is 0.845. The topological polar surface area (TPSA) is 26.0 Å².